The molecule has 0 atom stereocenters. The fourth-order valence-electron chi connectivity index (χ4n) is 2.62. The van der Waals surface area contributed by atoms with Gasteiger partial charge in [0.25, 0.3) is 0 Å². The highest BCUT2D eigenvalue weighted by Crippen LogP contribution is 2.26. The number of nitrogens with one attached hydrogen (secondary N) is 1. The third kappa shape index (κ3) is 3.60. The van der Waals surface area contributed by atoms with Crippen LogP contribution in [0, 0.1) is 0 Å². The second kappa shape index (κ2) is 7.50. The van der Waals surface area contributed by atoms with E-state index in [9.17, 15) is 0 Å². The molecular weight excluding hydrogens is 387 g/mol. The average molecular weight is 401 g/mol. The molecule has 0 aliphatic heterocycles. The fourth-order valence-corrected chi connectivity index (χ4v) is 3.95. The quantitative estimate of drug-likeness (QED) is 0.334. The van der Waals surface area contributed by atoms with E-state index in [2.05, 4.69) is 15.5 Å². The number of hydrogen-bond donors (Lipinski definition) is 1. The predicted octanol–water partition coefficient (Wildman–Crippen LogP) is 5.90. The van der Waals surface area contributed by atoms with Gasteiger partial charge in [-0.2, -0.15) is 5.10 Å². The molecule has 0 fully saturated rings. The lowest BCUT2D eigenvalue weighted by Gasteiger charge is -2.10. The zero-order chi connectivity index (χ0) is 17.9. The second-order valence-electron chi connectivity index (χ2n) is 5.62. The number of para-hydroxylation sites is 1. The van der Waals surface area contributed by atoms with Crippen molar-refractivity contribution >= 4 is 56.1 Å². The van der Waals surface area contributed by atoms with Crippen molar-refractivity contribution < 1.29 is 0 Å². The summed E-state index contributed by atoms with van der Waals surface area (Å²) in [6.07, 6.45) is 3.73. The summed E-state index contributed by atoms with van der Waals surface area (Å²) in [7, 11) is 0. The largest absolute Gasteiger partial charge is 0.342 e. The number of fused-ring (bicyclic) bond motifs is 1. The lowest BCUT2D eigenvalue weighted by atomic mass is 10.2. The van der Waals surface area contributed by atoms with E-state index in [0.717, 1.165) is 26.6 Å². The summed E-state index contributed by atoms with van der Waals surface area (Å²) in [5.41, 5.74) is 5.79. The maximum atomic E-state index is 6.27. The minimum Gasteiger partial charge on any atom is -0.342 e. The van der Waals surface area contributed by atoms with Crippen LogP contribution in [0.3, 0.4) is 0 Å². The number of aromatic nitrogens is 2. The molecule has 0 spiro atoms. The first-order valence-corrected chi connectivity index (χ1v) is 9.50. The zero-order valence-corrected chi connectivity index (χ0v) is 15.9. The Morgan fingerprint density at radius 2 is 1.85 bits per heavy atom. The molecule has 0 saturated carbocycles. The molecule has 0 aliphatic rings. The maximum absolute atomic E-state index is 6.27. The van der Waals surface area contributed by atoms with Gasteiger partial charge in [0.2, 0.25) is 5.13 Å². The average Bonchev–Trinajstić information content (AvgIpc) is 3.24. The molecule has 4 rings (SSSR count). The highest BCUT2D eigenvalue weighted by atomic mass is 35.5. The molecule has 0 unspecified atom stereocenters. The first-order chi connectivity index (χ1) is 12.7. The molecule has 26 heavy (non-hydrogen) atoms. The third-order valence-electron chi connectivity index (χ3n) is 3.91. The van der Waals surface area contributed by atoms with E-state index in [1.54, 1.807) is 17.6 Å². The molecule has 2 aromatic carbocycles. The number of nitrogens with zero attached hydrogens (tertiary/aromatic N) is 3. The minimum atomic E-state index is 0.577. The van der Waals surface area contributed by atoms with Gasteiger partial charge in [0.15, 0.2) is 0 Å². The summed E-state index contributed by atoms with van der Waals surface area (Å²) in [4.78, 5) is 4.50. The highest BCUT2D eigenvalue weighted by molar-refractivity contribution is 7.22. The SMILES string of the molecule is Clc1cccc(Cl)c1Cn1cccc1C=NNc1nc2ccccc2s1. The number of halogens is 2. The van der Waals surface area contributed by atoms with E-state index in [1.165, 1.54) is 0 Å². The Hall–Kier alpha value is -2.34. The van der Waals surface area contributed by atoms with Gasteiger partial charge in [0.05, 0.1) is 28.7 Å². The summed E-state index contributed by atoms with van der Waals surface area (Å²) < 4.78 is 3.17. The normalized spacial score (nSPS) is 11.5. The second-order valence-corrected chi connectivity index (χ2v) is 7.46. The van der Waals surface area contributed by atoms with Crippen molar-refractivity contribution in [3.8, 4) is 0 Å². The van der Waals surface area contributed by atoms with Crippen LogP contribution in [0.5, 0.6) is 0 Å². The molecule has 2 heterocycles. The van der Waals surface area contributed by atoms with Gasteiger partial charge < -0.3 is 4.57 Å². The third-order valence-corrected chi connectivity index (χ3v) is 5.55. The molecular formula is C19H14Cl2N4S. The van der Waals surface area contributed by atoms with E-state index in [0.29, 0.717) is 16.6 Å². The molecule has 4 nitrogen and oxygen atoms in total. The monoisotopic (exact) mass is 400 g/mol. The maximum Gasteiger partial charge on any atom is 0.204 e. The van der Waals surface area contributed by atoms with Crippen molar-refractivity contribution in [1.82, 2.24) is 9.55 Å². The summed E-state index contributed by atoms with van der Waals surface area (Å²) >= 11 is 14.1. The number of rotatable bonds is 5. The van der Waals surface area contributed by atoms with Crippen LogP contribution in [0.1, 0.15) is 11.3 Å². The number of hydrazone groups is 1. The lowest BCUT2D eigenvalue weighted by molar-refractivity contribution is 0.800. The van der Waals surface area contributed by atoms with Gasteiger partial charge in [0.1, 0.15) is 0 Å². The molecule has 0 aliphatic carbocycles. The molecule has 130 valence electrons. The summed E-state index contributed by atoms with van der Waals surface area (Å²) in [6.45, 7) is 0.577. The van der Waals surface area contributed by atoms with Crippen molar-refractivity contribution in [3.63, 3.8) is 0 Å². The standard InChI is InChI=1S/C19H14Cl2N4S/c20-15-6-3-7-16(21)14(15)12-25-10-4-5-13(25)11-22-24-19-23-17-8-1-2-9-18(17)26-19/h1-11H,12H2,(H,23,24). The van der Waals surface area contributed by atoms with Crippen molar-refractivity contribution in [1.29, 1.82) is 0 Å². The van der Waals surface area contributed by atoms with E-state index in [4.69, 9.17) is 23.2 Å². The van der Waals surface area contributed by atoms with Crippen LogP contribution < -0.4 is 5.43 Å². The van der Waals surface area contributed by atoms with E-state index in [-0.39, 0.29) is 0 Å². The lowest BCUT2D eigenvalue weighted by Crippen LogP contribution is -2.04. The molecule has 0 saturated heterocycles. The van der Waals surface area contributed by atoms with Crippen LogP contribution in [-0.4, -0.2) is 15.8 Å². The molecule has 0 amide bonds. The van der Waals surface area contributed by atoms with Crippen LogP contribution >= 0.6 is 34.5 Å². The smallest absolute Gasteiger partial charge is 0.204 e. The minimum absolute atomic E-state index is 0.577. The van der Waals surface area contributed by atoms with E-state index >= 15 is 0 Å². The van der Waals surface area contributed by atoms with Crippen LogP contribution in [0.4, 0.5) is 5.13 Å². The van der Waals surface area contributed by atoms with Crippen molar-refractivity contribution in [2.24, 2.45) is 5.10 Å². The van der Waals surface area contributed by atoms with Crippen molar-refractivity contribution in [3.05, 3.63) is 82.1 Å². The number of anilines is 1. The number of hydrogen-bond acceptors (Lipinski definition) is 4. The molecule has 4 aromatic rings. The van der Waals surface area contributed by atoms with Crippen LogP contribution in [0.2, 0.25) is 10.0 Å². The summed E-state index contributed by atoms with van der Waals surface area (Å²) in [5.74, 6) is 0. The van der Waals surface area contributed by atoms with Gasteiger partial charge in [-0.25, -0.2) is 4.98 Å². The van der Waals surface area contributed by atoms with Gasteiger partial charge >= 0.3 is 0 Å². The predicted molar refractivity (Wildman–Crippen MR) is 111 cm³/mol. The Kier molecular flexibility index (Phi) is 4.93. The Bertz CT molecular complexity index is 1030. The van der Waals surface area contributed by atoms with E-state index in [1.807, 2.05) is 65.4 Å². The fraction of sp³-hybridized carbons (Fsp3) is 0.0526. The zero-order valence-electron chi connectivity index (χ0n) is 13.6. The summed E-state index contributed by atoms with van der Waals surface area (Å²) in [6, 6.07) is 17.5. The Labute approximate surface area is 164 Å². The number of benzene rings is 2. The molecule has 0 radical (unpaired) electrons. The Morgan fingerprint density at radius 3 is 2.65 bits per heavy atom. The summed E-state index contributed by atoms with van der Waals surface area (Å²) in [5, 5.41) is 6.38. The molecule has 1 N–H and O–H groups in total. The number of thiazole rings is 1. The van der Waals surface area contributed by atoms with Crippen LogP contribution in [0.25, 0.3) is 10.2 Å². The van der Waals surface area contributed by atoms with Crippen molar-refractivity contribution in [2.45, 2.75) is 6.54 Å². The van der Waals surface area contributed by atoms with Crippen molar-refractivity contribution in [2.75, 3.05) is 5.43 Å². The van der Waals surface area contributed by atoms with Gasteiger partial charge in [-0.15, -0.1) is 0 Å². The van der Waals surface area contributed by atoms with Gasteiger partial charge in [-0.05, 0) is 36.4 Å². The van der Waals surface area contributed by atoms with Gasteiger partial charge in [0, 0.05) is 21.8 Å². The Morgan fingerprint density at radius 1 is 1.04 bits per heavy atom. The first kappa shape index (κ1) is 17.1. The van der Waals surface area contributed by atoms with Gasteiger partial charge in [-0.3, -0.25) is 5.43 Å². The Balaban J connectivity index is 1.51. The van der Waals surface area contributed by atoms with Gasteiger partial charge in [-0.1, -0.05) is 52.7 Å². The van der Waals surface area contributed by atoms with E-state index < -0.39 is 0 Å². The highest BCUT2D eigenvalue weighted by Gasteiger charge is 2.08. The molecule has 0 bridgehead atoms. The topological polar surface area (TPSA) is 42.2 Å². The van der Waals surface area contributed by atoms with Crippen LogP contribution in [0.15, 0.2) is 65.9 Å². The van der Waals surface area contributed by atoms with Crippen LogP contribution in [-0.2, 0) is 6.54 Å². The molecule has 7 heteroatoms. The molecule has 2 aromatic heterocycles. The first-order valence-electron chi connectivity index (χ1n) is 7.93.